The van der Waals surface area contributed by atoms with Crippen LogP contribution in [0.5, 0.6) is 0 Å². The van der Waals surface area contributed by atoms with Gasteiger partial charge in [0.2, 0.25) is 0 Å². The Kier molecular flexibility index (Phi) is 16.9. The molecule has 0 aromatic carbocycles. The van der Waals surface area contributed by atoms with Crippen LogP contribution < -0.4 is 0 Å². The summed E-state index contributed by atoms with van der Waals surface area (Å²) in [5, 5.41) is 52.6. The highest BCUT2D eigenvalue weighted by Gasteiger charge is 2.75. The predicted molar refractivity (Wildman–Crippen MR) is 220 cm³/mol. The fourth-order valence-electron chi connectivity index (χ4n) is 11.6. The molecule has 0 heterocycles. The number of aliphatic hydroxyl groups is 5. The standard InChI is InChI=1S/C25H44O5.C22H29FO5/c1-4-5-6-7-10-13-20(26)16-17-22-21(23(27)18-24(22)28)14-11-8-9-12-15-25(29)30-19(2)3;1-12-8-16-15-5-4-13-9-14(25)6-7-19(13,2)21(15,23)17(26)10-20(16,3)22(12,28)18(27)11-24/h8,11,19,21-24,27-28H,4-7,9-10,12-18H2,1-3H3;6-7,9,12,15-17,24,26,28H,4-5,8,10-11H2,1-3H3/b11-8-;/t21-,22-,23+,24-;12-,15-,16-,17-,19-,20-,21-,22-/m10/s1. The molecule has 0 radical (unpaired) electrons. The molecule has 0 aliphatic heterocycles. The van der Waals surface area contributed by atoms with Gasteiger partial charge in [0.05, 0.1) is 24.4 Å². The molecule has 328 valence electrons. The summed E-state index contributed by atoms with van der Waals surface area (Å²) in [6, 6.07) is 0. The summed E-state index contributed by atoms with van der Waals surface area (Å²) >= 11 is 0. The zero-order valence-electron chi connectivity index (χ0n) is 36.0. The van der Waals surface area contributed by atoms with E-state index in [0.717, 1.165) is 25.7 Å². The van der Waals surface area contributed by atoms with Crippen LogP contribution in [-0.4, -0.2) is 91.1 Å². The molecule has 4 saturated carbocycles. The van der Waals surface area contributed by atoms with Crippen LogP contribution in [0.25, 0.3) is 0 Å². The highest BCUT2D eigenvalue weighted by atomic mass is 19.1. The second kappa shape index (κ2) is 20.3. The first-order chi connectivity index (χ1) is 27.3. The van der Waals surface area contributed by atoms with Crippen molar-refractivity contribution in [1.82, 2.24) is 0 Å². The average molecular weight is 817 g/mol. The Bertz CT molecular complexity index is 1540. The van der Waals surface area contributed by atoms with Gasteiger partial charge in [-0.25, -0.2) is 4.39 Å². The van der Waals surface area contributed by atoms with Gasteiger partial charge >= 0.3 is 5.97 Å². The summed E-state index contributed by atoms with van der Waals surface area (Å²) < 4.78 is 22.0. The van der Waals surface area contributed by atoms with E-state index in [-0.39, 0.29) is 47.8 Å². The Morgan fingerprint density at radius 2 is 1.64 bits per heavy atom. The van der Waals surface area contributed by atoms with E-state index in [1.165, 1.54) is 31.4 Å². The van der Waals surface area contributed by atoms with Gasteiger partial charge in [0.15, 0.2) is 17.2 Å². The molecule has 0 saturated heterocycles. The van der Waals surface area contributed by atoms with Crippen LogP contribution in [0.3, 0.4) is 0 Å². The predicted octanol–water partition coefficient (Wildman–Crippen LogP) is 7.02. The molecule has 5 aliphatic rings. The van der Waals surface area contributed by atoms with Crippen LogP contribution in [0.1, 0.15) is 151 Å². The highest BCUT2D eigenvalue weighted by Crippen LogP contribution is 2.70. The Balaban J connectivity index is 0.000000257. The number of Topliss-reactive ketones (excluding diaryl/α,β-unsaturated/α-hetero) is 2. The van der Waals surface area contributed by atoms with Crippen LogP contribution in [0, 0.1) is 40.4 Å². The molecule has 11 heteroatoms. The molecule has 5 aliphatic carbocycles. The minimum atomic E-state index is -1.98. The SMILES string of the molecule is CCCCCCCC(=O)CC[C@@H]1[C@@H](C/C=C\CCCC(=O)OC(C)C)[C@@H](O)C[C@H]1O.C[C@H]1C[C@H]2[C@@H]3CCC4=CC(=O)C=C[C@]4(C)[C@@]3(F)[C@@H](O)C[C@]2(C)[C@@]1(O)C(=O)CO. The zero-order valence-corrected chi connectivity index (χ0v) is 36.0. The van der Waals surface area contributed by atoms with Gasteiger partial charge in [-0.05, 0) is 121 Å². The summed E-state index contributed by atoms with van der Waals surface area (Å²) in [6.07, 6.45) is 18.0. The lowest BCUT2D eigenvalue weighted by Crippen LogP contribution is -2.69. The number of allylic oxidation sites excluding steroid dienone is 6. The van der Waals surface area contributed by atoms with Gasteiger partial charge in [-0.2, -0.15) is 0 Å². The van der Waals surface area contributed by atoms with Crippen molar-refractivity contribution < 1.29 is 53.8 Å². The number of ketones is 3. The second-order valence-electron chi connectivity index (χ2n) is 18.8. The number of halogens is 1. The number of hydrogen-bond acceptors (Lipinski definition) is 10. The number of rotatable bonds is 18. The minimum absolute atomic E-state index is 0.000453. The third-order valence-electron chi connectivity index (χ3n) is 14.8. The molecular formula is C47H73FO10. The topological polar surface area (TPSA) is 179 Å². The summed E-state index contributed by atoms with van der Waals surface area (Å²) in [4.78, 5) is 48.1. The normalized spacial score (nSPS) is 37.8. The Hall–Kier alpha value is -2.57. The van der Waals surface area contributed by atoms with Crippen molar-refractivity contribution in [2.45, 2.75) is 186 Å². The molecule has 0 spiro atoms. The van der Waals surface area contributed by atoms with Crippen LogP contribution in [0.15, 0.2) is 36.0 Å². The van der Waals surface area contributed by atoms with Crippen molar-refractivity contribution in [3.63, 3.8) is 0 Å². The van der Waals surface area contributed by atoms with Crippen LogP contribution in [0.4, 0.5) is 4.39 Å². The Morgan fingerprint density at radius 3 is 2.31 bits per heavy atom. The molecule has 5 rings (SSSR count). The lowest BCUT2D eigenvalue weighted by Gasteiger charge is -2.62. The monoisotopic (exact) mass is 817 g/mol. The first-order valence-electron chi connectivity index (χ1n) is 22.2. The average Bonchev–Trinajstić information content (AvgIpc) is 3.55. The fraction of sp³-hybridized carbons (Fsp3) is 0.787. The number of fused-ring (bicyclic) bond motifs is 5. The van der Waals surface area contributed by atoms with Gasteiger partial charge in [-0.15, -0.1) is 0 Å². The molecule has 0 aromatic rings. The Morgan fingerprint density at radius 1 is 0.948 bits per heavy atom. The first kappa shape index (κ1) is 48.1. The largest absolute Gasteiger partial charge is 0.463 e. The number of carbonyl (C=O) groups is 4. The second-order valence-corrected chi connectivity index (χ2v) is 18.8. The van der Waals surface area contributed by atoms with Crippen molar-refractivity contribution in [3.8, 4) is 0 Å². The Labute approximate surface area is 345 Å². The van der Waals surface area contributed by atoms with Crippen molar-refractivity contribution in [2.24, 2.45) is 40.4 Å². The van der Waals surface area contributed by atoms with E-state index in [4.69, 9.17) is 4.74 Å². The highest BCUT2D eigenvalue weighted by molar-refractivity contribution is 6.01. The molecule has 58 heavy (non-hydrogen) atoms. The van der Waals surface area contributed by atoms with Crippen LogP contribution in [0.2, 0.25) is 0 Å². The molecule has 4 fully saturated rings. The summed E-state index contributed by atoms with van der Waals surface area (Å²) in [5.74, 6) is -2.02. The van der Waals surface area contributed by atoms with Gasteiger partial charge < -0.3 is 30.3 Å². The van der Waals surface area contributed by atoms with Gasteiger partial charge in [0, 0.05) is 36.0 Å². The molecule has 10 nitrogen and oxygen atoms in total. The maximum atomic E-state index is 16.9. The third kappa shape index (κ3) is 9.80. The van der Waals surface area contributed by atoms with E-state index in [2.05, 4.69) is 6.92 Å². The van der Waals surface area contributed by atoms with Gasteiger partial charge in [0.1, 0.15) is 18.0 Å². The number of ether oxygens (including phenoxy) is 1. The number of unbranched alkanes of at least 4 members (excludes halogenated alkanes) is 5. The molecule has 0 bridgehead atoms. The third-order valence-corrected chi connectivity index (χ3v) is 14.8. The molecule has 12 atom stereocenters. The smallest absolute Gasteiger partial charge is 0.306 e. The maximum Gasteiger partial charge on any atom is 0.306 e. The van der Waals surface area contributed by atoms with Crippen molar-refractivity contribution >= 4 is 23.3 Å². The molecule has 5 N–H and O–H groups in total. The van der Waals surface area contributed by atoms with Crippen molar-refractivity contribution in [1.29, 1.82) is 0 Å². The molecule has 0 unspecified atom stereocenters. The summed E-state index contributed by atoms with van der Waals surface area (Å²) in [7, 11) is 0. The molecule has 0 aromatic heterocycles. The fourth-order valence-corrected chi connectivity index (χ4v) is 11.6. The van der Waals surface area contributed by atoms with Gasteiger partial charge in [-0.1, -0.05) is 70.3 Å². The molecule has 0 amide bonds. The van der Waals surface area contributed by atoms with E-state index in [1.807, 2.05) is 26.0 Å². The summed E-state index contributed by atoms with van der Waals surface area (Å²) in [5.41, 5.74) is -5.17. The van der Waals surface area contributed by atoms with E-state index in [1.54, 1.807) is 26.8 Å². The van der Waals surface area contributed by atoms with E-state index in [0.29, 0.717) is 63.4 Å². The summed E-state index contributed by atoms with van der Waals surface area (Å²) in [6.45, 7) is 10.3. The number of carbonyl (C=O) groups excluding carboxylic acids is 4. The first-order valence-corrected chi connectivity index (χ1v) is 22.2. The van der Waals surface area contributed by atoms with E-state index < -0.39 is 64.6 Å². The quantitative estimate of drug-likeness (QED) is 0.0549. The van der Waals surface area contributed by atoms with Crippen molar-refractivity contribution in [2.75, 3.05) is 6.61 Å². The molecular weight excluding hydrogens is 744 g/mol. The number of hydrogen-bond donors (Lipinski definition) is 5. The van der Waals surface area contributed by atoms with Crippen LogP contribution >= 0.6 is 0 Å². The van der Waals surface area contributed by atoms with E-state index >= 15 is 4.39 Å². The lowest BCUT2D eigenvalue weighted by atomic mass is 9.44. The van der Waals surface area contributed by atoms with Crippen LogP contribution in [-0.2, 0) is 23.9 Å². The maximum absolute atomic E-state index is 16.9. The van der Waals surface area contributed by atoms with Gasteiger partial charge in [0.25, 0.3) is 0 Å². The number of alkyl halides is 1. The van der Waals surface area contributed by atoms with Crippen molar-refractivity contribution in [3.05, 3.63) is 36.0 Å². The number of esters is 1. The zero-order chi connectivity index (χ0) is 43.1. The van der Waals surface area contributed by atoms with E-state index in [9.17, 15) is 44.7 Å². The minimum Gasteiger partial charge on any atom is -0.463 e. The van der Waals surface area contributed by atoms with Gasteiger partial charge in [-0.3, -0.25) is 19.2 Å². The lowest BCUT2D eigenvalue weighted by molar-refractivity contribution is -0.219. The number of aliphatic hydroxyl groups excluding tert-OH is 4.